The van der Waals surface area contributed by atoms with Crippen molar-refractivity contribution in [3.8, 4) is 6.07 Å². The summed E-state index contributed by atoms with van der Waals surface area (Å²) in [6.45, 7) is 0.674. The van der Waals surface area contributed by atoms with Crippen molar-refractivity contribution in [2.75, 3.05) is 10.6 Å². The maximum atomic E-state index is 12.0. The van der Waals surface area contributed by atoms with E-state index < -0.39 is 5.91 Å². The standard InChI is InChI=1S/C21H23N7O/c22-9-13-8-16(19(24)29)21(26-15-6-5-12-10-25-11-14(12)7-15)28-20(13)27-18-4-2-1-3-17(18)23/h5-8,11,17-18H,1-4,10,23H2,(H2,24,29)(H2,26,27,28)/t17-,18+/m0/s1. The van der Waals surface area contributed by atoms with Crippen molar-refractivity contribution in [2.45, 2.75) is 44.3 Å². The van der Waals surface area contributed by atoms with Gasteiger partial charge in [-0.3, -0.25) is 9.79 Å². The molecule has 1 amide bonds. The van der Waals surface area contributed by atoms with Crippen LogP contribution in [0.3, 0.4) is 0 Å². The van der Waals surface area contributed by atoms with E-state index >= 15 is 0 Å². The van der Waals surface area contributed by atoms with Gasteiger partial charge in [0.05, 0.1) is 17.7 Å². The van der Waals surface area contributed by atoms with Gasteiger partial charge >= 0.3 is 0 Å². The minimum atomic E-state index is -0.653. The molecule has 4 rings (SSSR count). The van der Waals surface area contributed by atoms with Crippen LogP contribution >= 0.6 is 0 Å². The molecule has 0 bridgehead atoms. The van der Waals surface area contributed by atoms with Crippen molar-refractivity contribution in [3.63, 3.8) is 0 Å². The first kappa shape index (κ1) is 18.9. The van der Waals surface area contributed by atoms with E-state index in [4.69, 9.17) is 11.5 Å². The number of nitrogens with one attached hydrogen (secondary N) is 2. The van der Waals surface area contributed by atoms with Crippen molar-refractivity contribution in [1.82, 2.24) is 4.98 Å². The summed E-state index contributed by atoms with van der Waals surface area (Å²) < 4.78 is 0. The smallest absolute Gasteiger partial charge is 0.252 e. The van der Waals surface area contributed by atoms with Gasteiger partial charge in [0.2, 0.25) is 0 Å². The van der Waals surface area contributed by atoms with Gasteiger partial charge in [-0.2, -0.15) is 5.26 Å². The molecule has 8 nitrogen and oxygen atoms in total. The Labute approximate surface area is 169 Å². The van der Waals surface area contributed by atoms with E-state index in [-0.39, 0.29) is 23.2 Å². The van der Waals surface area contributed by atoms with E-state index in [2.05, 4.69) is 26.7 Å². The van der Waals surface area contributed by atoms with Crippen LogP contribution in [0.4, 0.5) is 17.3 Å². The van der Waals surface area contributed by atoms with Crippen LogP contribution in [-0.2, 0) is 6.54 Å². The fourth-order valence-corrected chi connectivity index (χ4v) is 3.82. The highest BCUT2D eigenvalue weighted by Crippen LogP contribution is 2.28. The molecule has 1 aliphatic carbocycles. The van der Waals surface area contributed by atoms with Gasteiger partial charge in [0, 0.05) is 24.0 Å². The lowest BCUT2D eigenvalue weighted by Gasteiger charge is -2.30. The molecule has 6 N–H and O–H groups in total. The van der Waals surface area contributed by atoms with Crippen LogP contribution in [0, 0.1) is 11.3 Å². The predicted molar refractivity (Wildman–Crippen MR) is 112 cm³/mol. The highest BCUT2D eigenvalue weighted by atomic mass is 16.1. The minimum Gasteiger partial charge on any atom is -0.365 e. The van der Waals surface area contributed by atoms with Gasteiger partial charge in [-0.05, 0) is 42.2 Å². The lowest BCUT2D eigenvalue weighted by molar-refractivity contribution is 0.100. The first-order chi connectivity index (χ1) is 14.0. The van der Waals surface area contributed by atoms with Crippen LogP contribution in [0.1, 0.15) is 52.7 Å². The Hall–Kier alpha value is -3.44. The number of fused-ring (bicyclic) bond motifs is 1. The van der Waals surface area contributed by atoms with E-state index in [1.165, 1.54) is 6.07 Å². The van der Waals surface area contributed by atoms with E-state index in [9.17, 15) is 10.1 Å². The van der Waals surface area contributed by atoms with Crippen LogP contribution < -0.4 is 22.1 Å². The molecule has 0 spiro atoms. The normalized spacial score (nSPS) is 20.0. The van der Waals surface area contributed by atoms with Crippen LogP contribution in [0.2, 0.25) is 0 Å². The number of aliphatic imine (C=N–C) groups is 1. The summed E-state index contributed by atoms with van der Waals surface area (Å²) in [6.07, 6.45) is 5.85. The third-order valence-corrected chi connectivity index (χ3v) is 5.45. The van der Waals surface area contributed by atoms with Gasteiger partial charge in [-0.15, -0.1) is 0 Å². The van der Waals surface area contributed by atoms with Gasteiger partial charge < -0.3 is 22.1 Å². The summed E-state index contributed by atoms with van der Waals surface area (Å²) in [5.41, 5.74) is 15.1. The maximum Gasteiger partial charge on any atom is 0.252 e. The number of aromatic nitrogens is 1. The zero-order chi connectivity index (χ0) is 20.4. The average Bonchev–Trinajstić information content (AvgIpc) is 3.17. The predicted octanol–water partition coefficient (Wildman–Crippen LogP) is 2.41. The number of hydrogen-bond acceptors (Lipinski definition) is 7. The number of nitrogens with zero attached hydrogens (tertiary/aromatic N) is 3. The third-order valence-electron chi connectivity index (χ3n) is 5.45. The Morgan fingerprint density at radius 2 is 2.03 bits per heavy atom. The molecule has 1 aromatic heterocycles. The molecule has 0 radical (unpaired) electrons. The van der Waals surface area contributed by atoms with Crippen molar-refractivity contribution in [1.29, 1.82) is 5.26 Å². The lowest BCUT2D eigenvalue weighted by atomic mass is 9.91. The van der Waals surface area contributed by atoms with Crippen molar-refractivity contribution < 1.29 is 4.79 Å². The van der Waals surface area contributed by atoms with E-state index in [1.807, 2.05) is 24.4 Å². The van der Waals surface area contributed by atoms with Crippen LogP contribution in [-0.4, -0.2) is 29.2 Å². The fourth-order valence-electron chi connectivity index (χ4n) is 3.82. The van der Waals surface area contributed by atoms with E-state index in [1.54, 1.807) is 0 Å². The molecular formula is C21H23N7O. The van der Waals surface area contributed by atoms with Crippen LogP contribution in [0.25, 0.3) is 0 Å². The number of carbonyl (C=O) groups is 1. The maximum absolute atomic E-state index is 12.0. The van der Waals surface area contributed by atoms with Crippen molar-refractivity contribution in [3.05, 3.63) is 46.5 Å². The molecule has 0 unspecified atom stereocenters. The molecule has 148 valence electrons. The molecule has 1 fully saturated rings. The van der Waals surface area contributed by atoms with Gasteiger partial charge in [-0.25, -0.2) is 4.98 Å². The topological polar surface area (TPSA) is 142 Å². The number of carbonyl (C=O) groups excluding carboxylic acids is 1. The Morgan fingerprint density at radius 3 is 2.79 bits per heavy atom. The second kappa shape index (κ2) is 7.89. The van der Waals surface area contributed by atoms with E-state index in [0.29, 0.717) is 18.2 Å². The molecule has 0 saturated heterocycles. The summed E-state index contributed by atoms with van der Waals surface area (Å²) >= 11 is 0. The van der Waals surface area contributed by atoms with Gasteiger partial charge in [0.1, 0.15) is 17.7 Å². The molecule has 2 heterocycles. The SMILES string of the molecule is N#Cc1cc(C(N)=O)c(Nc2ccc3c(c2)C=NC3)nc1N[C@@H]1CCCC[C@@H]1N. The Balaban J connectivity index is 1.68. The largest absolute Gasteiger partial charge is 0.365 e. The summed E-state index contributed by atoms with van der Waals surface area (Å²) in [5, 5.41) is 16.0. The Morgan fingerprint density at radius 1 is 1.21 bits per heavy atom. The molecular weight excluding hydrogens is 366 g/mol. The molecule has 2 aromatic rings. The first-order valence-corrected chi connectivity index (χ1v) is 9.72. The number of nitriles is 1. The number of anilines is 3. The number of nitrogens with two attached hydrogens (primary N) is 2. The van der Waals surface area contributed by atoms with Gasteiger partial charge in [-0.1, -0.05) is 18.9 Å². The number of rotatable bonds is 5. The molecule has 1 aliphatic heterocycles. The monoisotopic (exact) mass is 389 g/mol. The molecule has 1 saturated carbocycles. The number of primary amides is 1. The van der Waals surface area contributed by atoms with E-state index in [0.717, 1.165) is 42.5 Å². The second-order valence-electron chi connectivity index (χ2n) is 7.46. The number of pyridine rings is 1. The highest BCUT2D eigenvalue weighted by Gasteiger charge is 2.24. The third kappa shape index (κ3) is 3.91. The summed E-state index contributed by atoms with van der Waals surface area (Å²) in [5.74, 6) is 0.0588. The fraction of sp³-hybridized carbons (Fsp3) is 0.333. The van der Waals surface area contributed by atoms with Crippen molar-refractivity contribution in [2.24, 2.45) is 16.5 Å². The first-order valence-electron chi connectivity index (χ1n) is 9.72. The molecule has 8 heteroatoms. The summed E-state index contributed by atoms with van der Waals surface area (Å²) in [7, 11) is 0. The quantitative estimate of drug-likeness (QED) is 0.618. The summed E-state index contributed by atoms with van der Waals surface area (Å²) in [4.78, 5) is 20.8. The summed E-state index contributed by atoms with van der Waals surface area (Å²) in [6, 6.07) is 9.45. The van der Waals surface area contributed by atoms with Crippen LogP contribution in [0.5, 0.6) is 0 Å². The van der Waals surface area contributed by atoms with Crippen molar-refractivity contribution >= 4 is 29.4 Å². The van der Waals surface area contributed by atoms with Crippen LogP contribution in [0.15, 0.2) is 29.3 Å². The highest BCUT2D eigenvalue weighted by molar-refractivity contribution is 5.99. The zero-order valence-corrected chi connectivity index (χ0v) is 16.0. The number of hydrogen-bond donors (Lipinski definition) is 4. The van der Waals surface area contributed by atoms with Gasteiger partial charge in [0.25, 0.3) is 5.91 Å². The lowest BCUT2D eigenvalue weighted by Crippen LogP contribution is -2.43. The number of benzene rings is 1. The zero-order valence-electron chi connectivity index (χ0n) is 16.0. The number of amides is 1. The van der Waals surface area contributed by atoms with Gasteiger partial charge in [0.15, 0.2) is 0 Å². The Kier molecular flexibility index (Phi) is 5.14. The second-order valence-corrected chi connectivity index (χ2v) is 7.46. The average molecular weight is 389 g/mol. The minimum absolute atomic E-state index is 0.000294. The Bertz CT molecular complexity index is 1020. The molecule has 2 atom stereocenters. The molecule has 1 aromatic carbocycles. The molecule has 29 heavy (non-hydrogen) atoms. The molecule has 2 aliphatic rings.